The molecule has 1 aromatic heterocycles. The van der Waals surface area contributed by atoms with E-state index in [0.29, 0.717) is 19.0 Å². The van der Waals surface area contributed by atoms with Crippen molar-refractivity contribution < 1.29 is 8.42 Å². The van der Waals surface area contributed by atoms with Gasteiger partial charge in [0.05, 0.1) is 5.02 Å². The topological polar surface area (TPSA) is 76.3 Å². The van der Waals surface area contributed by atoms with Gasteiger partial charge in [-0.1, -0.05) is 31.4 Å². The summed E-state index contributed by atoms with van der Waals surface area (Å²) in [7, 11) is -3.53. The van der Waals surface area contributed by atoms with Gasteiger partial charge in [0.15, 0.2) is 0 Å². The molecule has 0 amide bonds. The van der Waals surface area contributed by atoms with Crippen molar-refractivity contribution >= 4 is 27.4 Å². The van der Waals surface area contributed by atoms with Gasteiger partial charge in [0.25, 0.3) is 0 Å². The van der Waals surface area contributed by atoms with E-state index in [2.05, 4.69) is 11.9 Å². The van der Waals surface area contributed by atoms with Crippen LogP contribution < -0.4 is 5.73 Å². The molecule has 0 aromatic carbocycles. The Balaban J connectivity index is 2.17. The standard InChI is InChI=1S/C14H22ClN3O2S/c1-2-4-11-5-3-7-18(8-6-11)21(19,20)12-9-13(15)14(16)17-10-12/h9-11H,2-8H2,1H3,(H2,16,17). The Morgan fingerprint density at radius 3 is 2.86 bits per heavy atom. The second-order valence-corrected chi connectivity index (χ2v) is 7.87. The number of hydrogen-bond acceptors (Lipinski definition) is 4. The zero-order valence-electron chi connectivity index (χ0n) is 12.3. The minimum atomic E-state index is -3.53. The Morgan fingerprint density at radius 2 is 2.19 bits per heavy atom. The first-order chi connectivity index (χ1) is 9.95. The van der Waals surface area contributed by atoms with Gasteiger partial charge in [0, 0.05) is 19.3 Å². The summed E-state index contributed by atoms with van der Waals surface area (Å²) in [5.74, 6) is 0.776. The first-order valence-electron chi connectivity index (χ1n) is 7.36. The van der Waals surface area contributed by atoms with Crippen LogP contribution in [0.3, 0.4) is 0 Å². The summed E-state index contributed by atoms with van der Waals surface area (Å²) < 4.78 is 26.9. The lowest BCUT2D eigenvalue weighted by Gasteiger charge is -2.20. The third kappa shape index (κ3) is 3.87. The molecule has 0 aliphatic carbocycles. The van der Waals surface area contributed by atoms with E-state index < -0.39 is 10.0 Å². The van der Waals surface area contributed by atoms with Gasteiger partial charge >= 0.3 is 0 Å². The highest BCUT2D eigenvalue weighted by atomic mass is 35.5. The highest BCUT2D eigenvalue weighted by Gasteiger charge is 2.28. The van der Waals surface area contributed by atoms with Gasteiger partial charge in [-0.3, -0.25) is 0 Å². The van der Waals surface area contributed by atoms with Crippen molar-refractivity contribution in [3.63, 3.8) is 0 Å². The molecule has 21 heavy (non-hydrogen) atoms. The highest BCUT2D eigenvalue weighted by molar-refractivity contribution is 7.89. The largest absolute Gasteiger partial charge is 0.382 e. The lowest BCUT2D eigenvalue weighted by Crippen LogP contribution is -2.32. The first-order valence-corrected chi connectivity index (χ1v) is 9.18. The maximum absolute atomic E-state index is 12.7. The molecule has 0 radical (unpaired) electrons. The Morgan fingerprint density at radius 1 is 1.43 bits per heavy atom. The molecule has 1 fully saturated rings. The molecular formula is C14H22ClN3O2S. The number of anilines is 1. The van der Waals surface area contributed by atoms with Crippen LogP contribution in [0, 0.1) is 5.92 Å². The van der Waals surface area contributed by atoms with E-state index in [0.717, 1.165) is 25.7 Å². The lowest BCUT2D eigenvalue weighted by atomic mass is 9.96. The van der Waals surface area contributed by atoms with Crippen LogP contribution in [0.25, 0.3) is 0 Å². The van der Waals surface area contributed by atoms with E-state index in [1.165, 1.54) is 18.7 Å². The minimum Gasteiger partial charge on any atom is -0.382 e. The number of hydrogen-bond donors (Lipinski definition) is 1. The van der Waals surface area contributed by atoms with Crippen LogP contribution in [0.4, 0.5) is 5.82 Å². The SMILES string of the molecule is CCCC1CCCN(S(=O)(=O)c2cnc(N)c(Cl)c2)CC1. The molecule has 5 nitrogen and oxygen atoms in total. The molecule has 1 saturated heterocycles. The Labute approximate surface area is 131 Å². The van der Waals surface area contributed by atoms with Crippen molar-refractivity contribution in [3.8, 4) is 0 Å². The van der Waals surface area contributed by atoms with Crippen molar-refractivity contribution in [2.45, 2.75) is 43.9 Å². The van der Waals surface area contributed by atoms with Gasteiger partial charge in [-0.05, 0) is 31.2 Å². The zero-order valence-corrected chi connectivity index (χ0v) is 13.8. The summed E-state index contributed by atoms with van der Waals surface area (Å²) in [6, 6.07) is 1.38. The van der Waals surface area contributed by atoms with E-state index in [9.17, 15) is 8.42 Å². The summed E-state index contributed by atoms with van der Waals surface area (Å²) >= 11 is 5.88. The fraction of sp³-hybridized carbons (Fsp3) is 0.643. The van der Waals surface area contributed by atoms with Gasteiger partial charge in [0.2, 0.25) is 10.0 Å². The third-order valence-electron chi connectivity index (χ3n) is 3.99. The monoisotopic (exact) mass is 331 g/mol. The minimum absolute atomic E-state index is 0.121. The fourth-order valence-corrected chi connectivity index (χ4v) is 4.49. The summed E-state index contributed by atoms with van der Waals surface area (Å²) in [5, 5.41) is 0.176. The van der Waals surface area contributed by atoms with Crippen molar-refractivity contribution in [3.05, 3.63) is 17.3 Å². The summed E-state index contributed by atoms with van der Waals surface area (Å²) in [4.78, 5) is 3.97. The van der Waals surface area contributed by atoms with Gasteiger partial charge in [0.1, 0.15) is 10.7 Å². The van der Waals surface area contributed by atoms with Gasteiger partial charge in [-0.15, -0.1) is 0 Å². The summed E-state index contributed by atoms with van der Waals surface area (Å²) in [6.07, 6.45) is 6.52. The Hall–Kier alpha value is -0.850. The maximum atomic E-state index is 12.7. The second-order valence-electron chi connectivity index (χ2n) is 5.53. The van der Waals surface area contributed by atoms with Crippen LogP contribution in [-0.4, -0.2) is 30.8 Å². The van der Waals surface area contributed by atoms with E-state index in [-0.39, 0.29) is 15.7 Å². The number of rotatable bonds is 4. The van der Waals surface area contributed by atoms with Crippen LogP contribution in [0.1, 0.15) is 39.0 Å². The average molecular weight is 332 g/mol. The number of halogens is 1. The smallest absolute Gasteiger partial charge is 0.244 e. The van der Waals surface area contributed by atoms with Crippen LogP contribution in [0.2, 0.25) is 5.02 Å². The molecular weight excluding hydrogens is 310 g/mol. The van der Waals surface area contributed by atoms with Crippen LogP contribution >= 0.6 is 11.6 Å². The molecule has 2 N–H and O–H groups in total. The lowest BCUT2D eigenvalue weighted by molar-refractivity contribution is 0.400. The molecule has 2 rings (SSSR count). The van der Waals surface area contributed by atoms with Crippen LogP contribution in [-0.2, 0) is 10.0 Å². The molecule has 7 heteroatoms. The average Bonchev–Trinajstić information content (AvgIpc) is 2.68. The molecule has 1 aromatic rings. The predicted octanol–water partition coefficient (Wildman–Crippen LogP) is 2.91. The normalized spacial score (nSPS) is 21.1. The first kappa shape index (κ1) is 16.5. The molecule has 0 bridgehead atoms. The van der Waals surface area contributed by atoms with Gasteiger partial charge in [-0.2, -0.15) is 4.31 Å². The van der Waals surface area contributed by atoms with Crippen molar-refractivity contribution in [2.75, 3.05) is 18.8 Å². The molecule has 0 saturated carbocycles. The Bertz CT molecular complexity index is 592. The second kappa shape index (κ2) is 6.94. The van der Waals surface area contributed by atoms with E-state index in [1.807, 2.05) is 0 Å². The van der Waals surface area contributed by atoms with E-state index in [4.69, 9.17) is 17.3 Å². The maximum Gasteiger partial charge on any atom is 0.244 e. The number of nitrogen functional groups attached to an aromatic ring is 1. The van der Waals surface area contributed by atoms with Crippen LogP contribution in [0.15, 0.2) is 17.2 Å². The van der Waals surface area contributed by atoms with E-state index >= 15 is 0 Å². The van der Waals surface area contributed by atoms with Gasteiger partial charge < -0.3 is 5.73 Å². The number of pyridine rings is 1. The quantitative estimate of drug-likeness (QED) is 0.920. The Kier molecular flexibility index (Phi) is 5.46. The number of sulfonamides is 1. The molecule has 2 heterocycles. The van der Waals surface area contributed by atoms with Gasteiger partial charge in [-0.25, -0.2) is 13.4 Å². The fourth-order valence-electron chi connectivity index (χ4n) is 2.80. The molecule has 118 valence electrons. The third-order valence-corrected chi connectivity index (χ3v) is 6.15. The number of aromatic nitrogens is 1. The number of nitrogens with zero attached hydrogens (tertiary/aromatic N) is 2. The molecule has 0 spiro atoms. The van der Waals surface area contributed by atoms with Crippen molar-refractivity contribution in [2.24, 2.45) is 5.92 Å². The van der Waals surface area contributed by atoms with E-state index in [1.54, 1.807) is 4.31 Å². The molecule has 1 unspecified atom stereocenters. The number of nitrogens with two attached hydrogens (primary N) is 1. The molecule has 1 aliphatic rings. The van der Waals surface area contributed by atoms with Crippen LogP contribution in [0.5, 0.6) is 0 Å². The highest BCUT2D eigenvalue weighted by Crippen LogP contribution is 2.27. The predicted molar refractivity (Wildman–Crippen MR) is 84.7 cm³/mol. The van der Waals surface area contributed by atoms with Crippen molar-refractivity contribution in [1.82, 2.24) is 9.29 Å². The van der Waals surface area contributed by atoms with Crippen molar-refractivity contribution in [1.29, 1.82) is 0 Å². The zero-order chi connectivity index (χ0) is 15.5. The summed E-state index contributed by atoms with van der Waals surface area (Å²) in [6.45, 7) is 3.29. The summed E-state index contributed by atoms with van der Waals surface area (Å²) in [5.41, 5.74) is 5.54. The molecule has 1 atom stereocenters. The molecule has 1 aliphatic heterocycles.